The molecular formula is C18H26N6O2. The van der Waals surface area contributed by atoms with E-state index in [-0.39, 0.29) is 24.1 Å². The third-order valence-corrected chi connectivity index (χ3v) is 4.71. The van der Waals surface area contributed by atoms with Crippen LogP contribution in [0.25, 0.3) is 0 Å². The summed E-state index contributed by atoms with van der Waals surface area (Å²) in [5.41, 5.74) is 1.43. The molecular weight excluding hydrogens is 332 g/mol. The Morgan fingerprint density at radius 1 is 1.46 bits per heavy atom. The highest BCUT2D eigenvalue weighted by Crippen LogP contribution is 2.24. The number of methoxy groups -OCH3 is 1. The van der Waals surface area contributed by atoms with Crippen LogP contribution in [0.4, 0.5) is 5.82 Å². The fraction of sp³-hybridized carbons (Fsp3) is 0.556. The number of ether oxygens (including phenoxy) is 1. The van der Waals surface area contributed by atoms with Gasteiger partial charge >= 0.3 is 0 Å². The Morgan fingerprint density at radius 2 is 2.27 bits per heavy atom. The molecule has 0 saturated carbocycles. The minimum Gasteiger partial charge on any atom is -0.380 e. The molecule has 1 amide bonds. The van der Waals surface area contributed by atoms with Gasteiger partial charge in [0.1, 0.15) is 17.8 Å². The third kappa shape index (κ3) is 3.85. The van der Waals surface area contributed by atoms with Gasteiger partial charge < -0.3 is 15.0 Å². The summed E-state index contributed by atoms with van der Waals surface area (Å²) in [5, 5.41) is 7.42. The zero-order valence-electron chi connectivity index (χ0n) is 15.7. The smallest absolute Gasteiger partial charge is 0.271 e. The van der Waals surface area contributed by atoms with Crippen LogP contribution >= 0.6 is 0 Å². The second-order valence-corrected chi connectivity index (χ2v) is 6.89. The highest BCUT2D eigenvalue weighted by Gasteiger charge is 2.33. The number of aryl methyl sites for hydroxylation is 1. The predicted molar refractivity (Wildman–Crippen MR) is 98.3 cm³/mol. The van der Waals surface area contributed by atoms with Gasteiger partial charge in [0, 0.05) is 38.1 Å². The first-order chi connectivity index (χ1) is 12.5. The Labute approximate surface area is 153 Å². The van der Waals surface area contributed by atoms with E-state index in [9.17, 15) is 4.79 Å². The van der Waals surface area contributed by atoms with Crippen LogP contribution in [0, 0.1) is 6.92 Å². The van der Waals surface area contributed by atoms with Crippen molar-refractivity contribution in [1.29, 1.82) is 0 Å². The molecule has 0 unspecified atom stereocenters. The number of hydrogen-bond donors (Lipinski definition) is 1. The molecule has 0 aromatic carbocycles. The van der Waals surface area contributed by atoms with Crippen molar-refractivity contribution in [1.82, 2.24) is 25.1 Å². The van der Waals surface area contributed by atoms with Crippen LogP contribution in [0.3, 0.4) is 0 Å². The van der Waals surface area contributed by atoms with Gasteiger partial charge in [-0.1, -0.05) is 0 Å². The van der Waals surface area contributed by atoms with Crippen molar-refractivity contribution in [2.45, 2.75) is 45.4 Å². The molecule has 1 fully saturated rings. The second-order valence-electron chi connectivity index (χ2n) is 6.89. The maximum Gasteiger partial charge on any atom is 0.271 e. The fourth-order valence-electron chi connectivity index (χ4n) is 3.39. The monoisotopic (exact) mass is 358 g/mol. The van der Waals surface area contributed by atoms with E-state index in [1.807, 2.05) is 37.6 Å². The van der Waals surface area contributed by atoms with Crippen molar-refractivity contribution in [2.75, 3.05) is 25.1 Å². The molecule has 2 atom stereocenters. The van der Waals surface area contributed by atoms with Gasteiger partial charge in [0.2, 0.25) is 0 Å². The van der Waals surface area contributed by atoms with E-state index in [0.717, 1.165) is 24.5 Å². The highest BCUT2D eigenvalue weighted by molar-refractivity contribution is 5.92. The van der Waals surface area contributed by atoms with Crippen LogP contribution in [0.15, 0.2) is 24.7 Å². The van der Waals surface area contributed by atoms with Gasteiger partial charge in [-0.15, -0.1) is 0 Å². The molecule has 1 saturated heterocycles. The number of amides is 1. The average molecular weight is 358 g/mol. The van der Waals surface area contributed by atoms with Crippen LogP contribution in [0.5, 0.6) is 0 Å². The SMILES string of the molecule is CO[C@@H]1C[C@H](CNC(=O)c2cc(C)n(C(C)C)n2)N(c2ccncn2)C1. The van der Waals surface area contributed by atoms with E-state index in [2.05, 4.69) is 25.3 Å². The molecule has 0 spiro atoms. The summed E-state index contributed by atoms with van der Waals surface area (Å²) < 4.78 is 7.38. The summed E-state index contributed by atoms with van der Waals surface area (Å²) in [5.74, 6) is 0.690. The van der Waals surface area contributed by atoms with Crippen LogP contribution in [0.2, 0.25) is 0 Å². The summed E-state index contributed by atoms with van der Waals surface area (Å²) in [6.07, 6.45) is 4.21. The number of carbonyl (C=O) groups excluding carboxylic acids is 1. The van der Waals surface area contributed by atoms with Gasteiger partial charge in [0.15, 0.2) is 0 Å². The second kappa shape index (κ2) is 7.82. The minimum absolute atomic E-state index is 0.118. The molecule has 3 rings (SSSR count). The van der Waals surface area contributed by atoms with Gasteiger partial charge in [-0.2, -0.15) is 5.10 Å². The Morgan fingerprint density at radius 3 is 2.88 bits per heavy atom. The molecule has 26 heavy (non-hydrogen) atoms. The molecule has 0 aliphatic carbocycles. The molecule has 140 valence electrons. The molecule has 3 heterocycles. The minimum atomic E-state index is -0.156. The summed E-state index contributed by atoms with van der Waals surface area (Å²) in [6, 6.07) is 4.04. The van der Waals surface area contributed by atoms with E-state index >= 15 is 0 Å². The molecule has 1 N–H and O–H groups in total. The molecule has 1 aliphatic rings. The Balaban J connectivity index is 1.67. The molecule has 0 radical (unpaired) electrons. The number of rotatable bonds is 6. The van der Waals surface area contributed by atoms with Gasteiger partial charge in [-0.3, -0.25) is 9.48 Å². The van der Waals surface area contributed by atoms with Crippen molar-refractivity contribution in [3.05, 3.63) is 36.0 Å². The van der Waals surface area contributed by atoms with Gasteiger partial charge in [0.25, 0.3) is 5.91 Å². The van der Waals surface area contributed by atoms with E-state index in [1.54, 1.807) is 13.3 Å². The van der Waals surface area contributed by atoms with E-state index in [1.165, 1.54) is 6.33 Å². The lowest BCUT2D eigenvalue weighted by molar-refractivity contribution is 0.0940. The number of nitrogens with zero attached hydrogens (tertiary/aromatic N) is 5. The van der Waals surface area contributed by atoms with E-state index in [4.69, 9.17) is 4.74 Å². The van der Waals surface area contributed by atoms with Crippen LogP contribution in [-0.2, 0) is 4.74 Å². The predicted octanol–water partition coefficient (Wildman–Crippen LogP) is 1.59. The Kier molecular flexibility index (Phi) is 5.51. The van der Waals surface area contributed by atoms with Crippen molar-refractivity contribution >= 4 is 11.7 Å². The van der Waals surface area contributed by atoms with Crippen molar-refractivity contribution in [3.63, 3.8) is 0 Å². The first-order valence-electron chi connectivity index (χ1n) is 8.89. The van der Waals surface area contributed by atoms with Crippen LogP contribution in [-0.4, -0.2) is 58.0 Å². The maximum absolute atomic E-state index is 12.5. The lowest BCUT2D eigenvalue weighted by atomic mass is 10.2. The number of anilines is 1. The average Bonchev–Trinajstić information content (AvgIpc) is 3.24. The summed E-state index contributed by atoms with van der Waals surface area (Å²) in [6.45, 7) is 7.31. The lowest BCUT2D eigenvalue weighted by Gasteiger charge is -2.25. The molecule has 8 nitrogen and oxygen atoms in total. The highest BCUT2D eigenvalue weighted by atomic mass is 16.5. The van der Waals surface area contributed by atoms with E-state index in [0.29, 0.717) is 12.2 Å². The number of nitrogens with one attached hydrogen (secondary N) is 1. The normalized spacial score (nSPS) is 20.0. The van der Waals surface area contributed by atoms with Crippen molar-refractivity contribution in [2.24, 2.45) is 0 Å². The van der Waals surface area contributed by atoms with Gasteiger partial charge in [0.05, 0.1) is 12.1 Å². The quantitative estimate of drug-likeness (QED) is 0.844. The number of carbonyl (C=O) groups is 1. The van der Waals surface area contributed by atoms with Crippen LogP contribution < -0.4 is 10.2 Å². The number of aromatic nitrogens is 4. The fourth-order valence-corrected chi connectivity index (χ4v) is 3.39. The summed E-state index contributed by atoms with van der Waals surface area (Å²) >= 11 is 0. The molecule has 1 aliphatic heterocycles. The topological polar surface area (TPSA) is 85.2 Å². The maximum atomic E-state index is 12.5. The number of hydrogen-bond acceptors (Lipinski definition) is 6. The first-order valence-corrected chi connectivity index (χ1v) is 8.89. The lowest BCUT2D eigenvalue weighted by Crippen LogP contribution is -2.40. The Hall–Kier alpha value is -2.48. The first kappa shape index (κ1) is 18.3. The molecule has 2 aromatic heterocycles. The van der Waals surface area contributed by atoms with Gasteiger partial charge in [-0.05, 0) is 39.3 Å². The largest absolute Gasteiger partial charge is 0.380 e. The zero-order valence-corrected chi connectivity index (χ0v) is 15.7. The molecule has 8 heteroatoms. The summed E-state index contributed by atoms with van der Waals surface area (Å²) in [4.78, 5) is 23.0. The Bertz CT molecular complexity index is 745. The molecule has 0 bridgehead atoms. The van der Waals surface area contributed by atoms with Gasteiger partial charge in [-0.25, -0.2) is 9.97 Å². The third-order valence-electron chi connectivity index (χ3n) is 4.71. The van der Waals surface area contributed by atoms with Crippen LogP contribution in [0.1, 0.15) is 42.5 Å². The summed E-state index contributed by atoms with van der Waals surface area (Å²) in [7, 11) is 1.71. The van der Waals surface area contributed by atoms with Crippen molar-refractivity contribution in [3.8, 4) is 0 Å². The zero-order chi connectivity index (χ0) is 18.7. The molecule has 2 aromatic rings. The standard InChI is InChI=1S/C18H26N6O2/c1-12(2)24-13(3)7-16(22-24)18(25)20-9-14-8-15(26-4)10-23(14)17-5-6-19-11-21-17/h5-7,11-12,14-15H,8-10H2,1-4H3,(H,20,25)/t14-,15-/m1/s1. The van der Waals surface area contributed by atoms with Crippen molar-refractivity contribution < 1.29 is 9.53 Å². The van der Waals surface area contributed by atoms with E-state index < -0.39 is 0 Å².